The van der Waals surface area contributed by atoms with Crippen LogP contribution in [0.2, 0.25) is 0 Å². The van der Waals surface area contributed by atoms with Gasteiger partial charge in [-0.3, -0.25) is 4.79 Å². The number of carbonyl (C=O) groups excluding carboxylic acids is 1. The molecule has 0 radical (unpaired) electrons. The molecule has 22 heavy (non-hydrogen) atoms. The second-order valence-corrected chi connectivity index (χ2v) is 6.46. The molecule has 0 aliphatic heterocycles. The van der Waals surface area contributed by atoms with Crippen molar-refractivity contribution in [1.82, 2.24) is 15.3 Å². The number of benzene rings is 1. The van der Waals surface area contributed by atoms with E-state index in [4.69, 9.17) is 0 Å². The zero-order valence-corrected chi connectivity index (χ0v) is 12.6. The molecule has 1 unspecified atom stereocenters. The number of aromatic amines is 1. The predicted molar refractivity (Wildman–Crippen MR) is 84.9 cm³/mol. The number of aromatic nitrogens is 2. The smallest absolute Gasteiger partial charge is 0.251 e. The fourth-order valence-electron chi connectivity index (χ4n) is 3.57. The molecule has 114 valence electrons. The fraction of sp³-hybridized carbons (Fsp3) is 0.444. The van der Waals surface area contributed by atoms with Gasteiger partial charge in [-0.1, -0.05) is 24.6 Å². The Labute approximate surface area is 130 Å². The Balaban J connectivity index is 1.49. The van der Waals surface area contributed by atoms with E-state index in [1.54, 1.807) is 6.33 Å². The lowest BCUT2D eigenvalue weighted by molar-refractivity contribution is 0.0931. The van der Waals surface area contributed by atoms with Gasteiger partial charge in [0, 0.05) is 23.7 Å². The number of amides is 1. The summed E-state index contributed by atoms with van der Waals surface area (Å²) < 4.78 is 0. The average Bonchev–Trinajstić information content (AvgIpc) is 2.93. The second-order valence-electron chi connectivity index (χ2n) is 6.46. The minimum Gasteiger partial charge on any atom is -0.349 e. The molecule has 2 N–H and O–H groups in total. The standard InChI is InChI=1S/C18H21N3O/c22-18(15-7-2-1-6-14(15)12-4-3-5-12)21-13-8-9-16-17(10-13)20-11-19-16/h1-2,6-7,11-13H,3-5,8-10H2,(H,19,20)(H,21,22). The molecule has 4 rings (SSSR count). The Hall–Kier alpha value is -2.10. The summed E-state index contributed by atoms with van der Waals surface area (Å²) in [6.45, 7) is 0. The van der Waals surface area contributed by atoms with Gasteiger partial charge in [-0.15, -0.1) is 0 Å². The summed E-state index contributed by atoms with van der Waals surface area (Å²) in [5.41, 5.74) is 4.41. The van der Waals surface area contributed by atoms with E-state index >= 15 is 0 Å². The first-order valence-electron chi connectivity index (χ1n) is 8.22. The Kier molecular flexibility index (Phi) is 3.45. The molecule has 2 aliphatic rings. The molecule has 0 bridgehead atoms. The van der Waals surface area contributed by atoms with Crippen LogP contribution in [0.1, 0.15) is 58.9 Å². The molecule has 1 saturated carbocycles. The Morgan fingerprint density at radius 3 is 2.91 bits per heavy atom. The van der Waals surface area contributed by atoms with E-state index in [9.17, 15) is 4.79 Å². The highest BCUT2D eigenvalue weighted by molar-refractivity contribution is 5.96. The van der Waals surface area contributed by atoms with Crippen molar-refractivity contribution >= 4 is 5.91 Å². The van der Waals surface area contributed by atoms with Gasteiger partial charge in [-0.05, 0) is 43.2 Å². The lowest BCUT2D eigenvalue weighted by Gasteiger charge is -2.28. The van der Waals surface area contributed by atoms with Gasteiger partial charge < -0.3 is 10.3 Å². The number of hydrogen-bond acceptors (Lipinski definition) is 2. The van der Waals surface area contributed by atoms with Gasteiger partial charge in [0.25, 0.3) is 5.91 Å². The Morgan fingerprint density at radius 2 is 2.09 bits per heavy atom. The minimum atomic E-state index is 0.0791. The Bertz CT molecular complexity index is 687. The summed E-state index contributed by atoms with van der Waals surface area (Å²) in [5.74, 6) is 0.656. The van der Waals surface area contributed by atoms with Crippen LogP contribution in [0.15, 0.2) is 30.6 Å². The number of nitrogens with one attached hydrogen (secondary N) is 2. The average molecular weight is 295 g/mol. The van der Waals surface area contributed by atoms with Gasteiger partial charge in [0.15, 0.2) is 0 Å². The molecule has 1 amide bonds. The number of fused-ring (bicyclic) bond motifs is 1. The molecule has 2 aliphatic carbocycles. The van der Waals surface area contributed by atoms with Gasteiger partial charge in [-0.25, -0.2) is 4.98 Å². The molecule has 0 saturated heterocycles. The molecular formula is C18H21N3O. The molecule has 1 fully saturated rings. The highest BCUT2D eigenvalue weighted by atomic mass is 16.1. The van der Waals surface area contributed by atoms with E-state index in [0.717, 1.165) is 30.5 Å². The first kappa shape index (κ1) is 13.6. The first-order valence-corrected chi connectivity index (χ1v) is 8.22. The van der Waals surface area contributed by atoms with Gasteiger partial charge in [-0.2, -0.15) is 0 Å². The number of nitrogens with zero attached hydrogens (tertiary/aromatic N) is 1. The van der Waals surface area contributed by atoms with Crippen molar-refractivity contribution < 1.29 is 4.79 Å². The molecule has 1 atom stereocenters. The highest BCUT2D eigenvalue weighted by Crippen LogP contribution is 2.37. The van der Waals surface area contributed by atoms with Crippen LogP contribution in [-0.4, -0.2) is 21.9 Å². The van der Waals surface area contributed by atoms with Crippen molar-refractivity contribution in [1.29, 1.82) is 0 Å². The number of hydrogen-bond donors (Lipinski definition) is 2. The van der Waals surface area contributed by atoms with Crippen LogP contribution in [-0.2, 0) is 12.8 Å². The quantitative estimate of drug-likeness (QED) is 0.914. The first-order chi connectivity index (χ1) is 10.8. The number of aryl methyl sites for hydroxylation is 1. The predicted octanol–water partition coefficient (Wildman–Crippen LogP) is 2.96. The summed E-state index contributed by atoms with van der Waals surface area (Å²) in [6.07, 6.45) is 8.22. The van der Waals surface area contributed by atoms with E-state index in [2.05, 4.69) is 21.4 Å². The van der Waals surface area contributed by atoms with Crippen molar-refractivity contribution in [3.63, 3.8) is 0 Å². The van der Waals surface area contributed by atoms with Crippen molar-refractivity contribution in [3.05, 3.63) is 53.1 Å². The fourth-order valence-corrected chi connectivity index (χ4v) is 3.57. The number of imidazole rings is 1. The topological polar surface area (TPSA) is 57.8 Å². The number of H-pyrrole nitrogens is 1. The van der Waals surface area contributed by atoms with Crippen molar-refractivity contribution in [2.45, 2.75) is 50.5 Å². The van der Waals surface area contributed by atoms with E-state index in [-0.39, 0.29) is 11.9 Å². The Morgan fingerprint density at radius 1 is 1.23 bits per heavy atom. The van der Waals surface area contributed by atoms with Crippen LogP contribution in [0.25, 0.3) is 0 Å². The lowest BCUT2D eigenvalue weighted by atomic mass is 9.78. The van der Waals surface area contributed by atoms with Gasteiger partial charge >= 0.3 is 0 Å². The highest BCUT2D eigenvalue weighted by Gasteiger charge is 2.26. The van der Waals surface area contributed by atoms with Gasteiger partial charge in [0.2, 0.25) is 0 Å². The summed E-state index contributed by atoms with van der Waals surface area (Å²) in [4.78, 5) is 20.2. The van der Waals surface area contributed by atoms with Crippen LogP contribution in [0, 0.1) is 0 Å². The maximum absolute atomic E-state index is 12.7. The van der Waals surface area contributed by atoms with E-state index in [1.165, 1.54) is 30.5 Å². The van der Waals surface area contributed by atoms with Crippen molar-refractivity contribution in [2.75, 3.05) is 0 Å². The van der Waals surface area contributed by atoms with Crippen LogP contribution in [0.3, 0.4) is 0 Å². The summed E-state index contributed by atoms with van der Waals surface area (Å²) >= 11 is 0. The largest absolute Gasteiger partial charge is 0.349 e. The van der Waals surface area contributed by atoms with Gasteiger partial charge in [0.05, 0.1) is 12.0 Å². The zero-order valence-electron chi connectivity index (χ0n) is 12.6. The normalized spacial score (nSPS) is 21.0. The molecule has 2 aromatic rings. The van der Waals surface area contributed by atoms with Crippen LogP contribution in [0.5, 0.6) is 0 Å². The molecular weight excluding hydrogens is 274 g/mol. The maximum Gasteiger partial charge on any atom is 0.251 e. The third kappa shape index (κ3) is 2.43. The van der Waals surface area contributed by atoms with E-state index in [1.807, 2.05) is 18.2 Å². The van der Waals surface area contributed by atoms with Crippen LogP contribution in [0.4, 0.5) is 0 Å². The van der Waals surface area contributed by atoms with Crippen LogP contribution >= 0.6 is 0 Å². The van der Waals surface area contributed by atoms with Crippen molar-refractivity contribution in [2.24, 2.45) is 0 Å². The lowest BCUT2D eigenvalue weighted by Crippen LogP contribution is -2.39. The maximum atomic E-state index is 12.7. The SMILES string of the molecule is O=C(NC1CCc2nc[nH]c2C1)c1ccccc1C1CCC1. The molecule has 4 heteroatoms. The minimum absolute atomic E-state index is 0.0791. The number of rotatable bonds is 3. The van der Waals surface area contributed by atoms with Gasteiger partial charge in [0.1, 0.15) is 0 Å². The molecule has 4 nitrogen and oxygen atoms in total. The third-order valence-corrected chi connectivity index (χ3v) is 5.07. The summed E-state index contributed by atoms with van der Waals surface area (Å²) in [6, 6.07) is 8.29. The zero-order chi connectivity index (χ0) is 14.9. The monoisotopic (exact) mass is 295 g/mol. The summed E-state index contributed by atoms with van der Waals surface area (Å²) in [7, 11) is 0. The third-order valence-electron chi connectivity index (χ3n) is 5.07. The molecule has 0 spiro atoms. The molecule has 1 aromatic heterocycles. The number of carbonyl (C=O) groups is 1. The van der Waals surface area contributed by atoms with E-state index in [0.29, 0.717) is 5.92 Å². The molecule has 1 aromatic carbocycles. The van der Waals surface area contributed by atoms with E-state index < -0.39 is 0 Å². The van der Waals surface area contributed by atoms with Crippen LogP contribution < -0.4 is 5.32 Å². The summed E-state index contributed by atoms with van der Waals surface area (Å²) in [5, 5.41) is 3.22. The second kappa shape index (κ2) is 5.59. The molecule has 1 heterocycles. The van der Waals surface area contributed by atoms with Crippen molar-refractivity contribution in [3.8, 4) is 0 Å².